The van der Waals surface area contributed by atoms with Gasteiger partial charge >= 0.3 is 0 Å². The molecule has 1 aromatic carbocycles. The summed E-state index contributed by atoms with van der Waals surface area (Å²) < 4.78 is 0. The van der Waals surface area contributed by atoms with Crippen molar-refractivity contribution < 1.29 is 15.0 Å². The molecule has 0 fully saturated rings. The van der Waals surface area contributed by atoms with Crippen molar-refractivity contribution >= 4 is 16.8 Å². The molecule has 0 radical (unpaired) electrons. The Bertz CT molecular complexity index is 560. The minimum atomic E-state index is -0.207. The summed E-state index contributed by atoms with van der Waals surface area (Å²) in [7, 11) is 0. The van der Waals surface area contributed by atoms with Gasteiger partial charge in [0.15, 0.2) is 0 Å². The van der Waals surface area contributed by atoms with Gasteiger partial charge in [-0.05, 0) is 12.1 Å². The van der Waals surface area contributed by atoms with E-state index >= 15 is 0 Å². The second-order valence-electron chi connectivity index (χ2n) is 4.12. The van der Waals surface area contributed by atoms with Gasteiger partial charge in [-0.25, -0.2) is 0 Å². The Balaban J connectivity index is 2.39. The zero-order valence-electron chi connectivity index (χ0n) is 10.5. The van der Waals surface area contributed by atoms with Crippen LogP contribution in [0.2, 0.25) is 0 Å². The van der Waals surface area contributed by atoms with Crippen LogP contribution < -0.4 is 0 Å². The Morgan fingerprint density at radius 2 is 1.79 bits per heavy atom. The molecule has 0 aliphatic rings. The van der Waals surface area contributed by atoms with E-state index in [0.29, 0.717) is 5.56 Å². The van der Waals surface area contributed by atoms with Crippen molar-refractivity contribution in [3.63, 3.8) is 0 Å². The number of pyridine rings is 1. The SMILES string of the molecule is O=C(c1ccnc2ccccc12)N(CCO)CCO. The Morgan fingerprint density at radius 3 is 2.47 bits per heavy atom. The van der Waals surface area contributed by atoms with Crippen LogP contribution >= 0.6 is 0 Å². The topological polar surface area (TPSA) is 73.7 Å². The van der Waals surface area contributed by atoms with E-state index in [1.165, 1.54) is 4.90 Å². The van der Waals surface area contributed by atoms with Gasteiger partial charge in [0.2, 0.25) is 0 Å². The smallest absolute Gasteiger partial charge is 0.254 e. The van der Waals surface area contributed by atoms with Crippen molar-refractivity contribution in [2.75, 3.05) is 26.3 Å². The van der Waals surface area contributed by atoms with Crippen LogP contribution in [0.1, 0.15) is 10.4 Å². The van der Waals surface area contributed by atoms with Crippen molar-refractivity contribution in [1.29, 1.82) is 0 Å². The molecule has 1 aromatic heterocycles. The number of aliphatic hydroxyl groups excluding tert-OH is 2. The molecule has 2 N–H and O–H groups in total. The van der Waals surface area contributed by atoms with Crippen molar-refractivity contribution in [2.45, 2.75) is 0 Å². The molecule has 0 saturated carbocycles. The lowest BCUT2D eigenvalue weighted by atomic mass is 10.1. The summed E-state index contributed by atoms with van der Waals surface area (Å²) in [6, 6.07) is 9.05. The Kier molecular flexibility index (Phi) is 4.43. The molecule has 0 aliphatic carbocycles. The van der Waals surface area contributed by atoms with Crippen molar-refractivity contribution in [3.05, 3.63) is 42.1 Å². The molecule has 19 heavy (non-hydrogen) atoms. The zero-order chi connectivity index (χ0) is 13.7. The van der Waals surface area contributed by atoms with E-state index in [4.69, 9.17) is 10.2 Å². The monoisotopic (exact) mass is 260 g/mol. The number of hydrogen-bond donors (Lipinski definition) is 2. The number of hydrogen-bond acceptors (Lipinski definition) is 4. The van der Waals surface area contributed by atoms with Crippen molar-refractivity contribution in [3.8, 4) is 0 Å². The third kappa shape index (κ3) is 2.89. The molecule has 0 atom stereocenters. The summed E-state index contributed by atoms with van der Waals surface area (Å²) in [6.07, 6.45) is 1.59. The largest absolute Gasteiger partial charge is 0.395 e. The van der Waals surface area contributed by atoms with E-state index in [2.05, 4.69) is 4.98 Å². The summed E-state index contributed by atoms with van der Waals surface area (Å²) in [5, 5.41) is 18.7. The second-order valence-corrected chi connectivity index (χ2v) is 4.12. The van der Waals surface area contributed by atoms with Crippen LogP contribution in [0.4, 0.5) is 0 Å². The van der Waals surface area contributed by atoms with Crippen LogP contribution in [0, 0.1) is 0 Å². The highest BCUT2D eigenvalue weighted by Gasteiger charge is 2.17. The van der Waals surface area contributed by atoms with Gasteiger partial charge in [0, 0.05) is 24.7 Å². The highest BCUT2D eigenvalue weighted by atomic mass is 16.3. The van der Waals surface area contributed by atoms with Gasteiger partial charge in [0.25, 0.3) is 5.91 Å². The first kappa shape index (κ1) is 13.5. The molecule has 0 spiro atoms. The number of para-hydroxylation sites is 1. The highest BCUT2D eigenvalue weighted by molar-refractivity contribution is 6.05. The Labute approximate surface area is 111 Å². The molecular formula is C14H16N2O3. The number of rotatable bonds is 5. The molecule has 5 nitrogen and oxygen atoms in total. The van der Waals surface area contributed by atoms with Crippen LogP contribution in [0.5, 0.6) is 0 Å². The van der Waals surface area contributed by atoms with Gasteiger partial charge in [-0.1, -0.05) is 18.2 Å². The quantitative estimate of drug-likeness (QED) is 0.828. The van der Waals surface area contributed by atoms with Gasteiger partial charge in [0.1, 0.15) is 0 Å². The Hall–Kier alpha value is -1.98. The van der Waals surface area contributed by atoms with E-state index in [0.717, 1.165) is 10.9 Å². The van der Waals surface area contributed by atoms with Crippen LogP contribution in [-0.2, 0) is 0 Å². The lowest BCUT2D eigenvalue weighted by Crippen LogP contribution is -2.36. The molecule has 0 aliphatic heterocycles. The molecule has 0 unspecified atom stereocenters. The predicted molar refractivity (Wildman–Crippen MR) is 71.8 cm³/mol. The van der Waals surface area contributed by atoms with Crippen molar-refractivity contribution in [2.24, 2.45) is 0 Å². The van der Waals surface area contributed by atoms with Crippen LogP contribution in [0.3, 0.4) is 0 Å². The minimum absolute atomic E-state index is 0.130. The number of carbonyl (C=O) groups excluding carboxylic acids is 1. The average Bonchev–Trinajstić information content (AvgIpc) is 2.46. The third-order valence-corrected chi connectivity index (χ3v) is 2.91. The molecule has 0 saturated heterocycles. The summed E-state index contributed by atoms with van der Waals surface area (Å²) in [5.41, 5.74) is 1.29. The maximum absolute atomic E-state index is 12.4. The number of benzene rings is 1. The first-order chi connectivity index (χ1) is 9.27. The number of nitrogens with zero attached hydrogens (tertiary/aromatic N) is 2. The van der Waals surface area contributed by atoms with E-state index in [1.807, 2.05) is 24.3 Å². The summed E-state index contributed by atoms with van der Waals surface area (Å²) in [4.78, 5) is 18.1. The third-order valence-electron chi connectivity index (χ3n) is 2.91. The van der Waals surface area contributed by atoms with Crippen LogP contribution in [0.15, 0.2) is 36.5 Å². The van der Waals surface area contributed by atoms with Gasteiger partial charge in [-0.3, -0.25) is 9.78 Å². The fraction of sp³-hybridized carbons (Fsp3) is 0.286. The van der Waals surface area contributed by atoms with Gasteiger partial charge in [0.05, 0.1) is 24.3 Å². The molecule has 1 amide bonds. The van der Waals surface area contributed by atoms with Crippen molar-refractivity contribution in [1.82, 2.24) is 9.88 Å². The van der Waals surface area contributed by atoms with Crippen LogP contribution in [0.25, 0.3) is 10.9 Å². The molecular weight excluding hydrogens is 244 g/mol. The number of carbonyl (C=O) groups is 1. The normalized spacial score (nSPS) is 10.6. The molecule has 1 heterocycles. The minimum Gasteiger partial charge on any atom is -0.395 e. The predicted octanol–water partition coefficient (Wildman–Crippen LogP) is 0.662. The van der Waals surface area contributed by atoms with Crippen LogP contribution in [-0.4, -0.2) is 52.3 Å². The fourth-order valence-electron chi connectivity index (χ4n) is 2.01. The average molecular weight is 260 g/mol. The number of aliphatic hydroxyl groups is 2. The molecule has 2 rings (SSSR count). The van der Waals surface area contributed by atoms with E-state index < -0.39 is 0 Å². The van der Waals surface area contributed by atoms with E-state index in [1.54, 1.807) is 12.3 Å². The molecule has 100 valence electrons. The zero-order valence-corrected chi connectivity index (χ0v) is 10.5. The standard InChI is InChI=1S/C14H16N2O3/c17-9-7-16(8-10-18)14(19)12-5-6-15-13-4-2-1-3-11(12)13/h1-6,17-18H,7-10H2. The second kappa shape index (κ2) is 6.26. The maximum atomic E-state index is 12.4. The first-order valence-corrected chi connectivity index (χ1v) is 6.12. The van der Waals surface area contributed by atoms with E-state index in [-0.39, 0.29) is 32.2 Å². The maximum Gasteiger partial charge on any atom is 0.254 e. The number of fused-ring (bicyclic) bond motifs is 1. The van der Waals surface area contributed by atoms with Gasteiger partial charge in [-0.2, -0.15) is 0 Å². The fourth-order valence-corrected chi connectivity index (χ4v) is 2.01. The lowest BCUT2D eigenvalue weighted by molar-refractivity contribution is 0.0686. The number of amides is 1. The summed E-state index contributed by atoms with van der Waals surface area (Å²) in [5.74, 6) is -0.207. The molecule has 2 aromatic rings. The summed E-state index contributed by atoms with van der Waals surface area (Å²) >= 11 is 0. The first-order valence-electron chi connectivity index (χ1n) is 6.12. The molecule has 0 bridgehead atoms. The summed E-state index contributed by atoms with van der Waals surface area (Å²) in [6.45, 7) is 0.148. The highest BCUT2D eigenvalue weighted by Crippen LogP contribution is 2.17. The van der Waals surface area contributed by atoms with Gasteiger partial charge in [-0.15, -0.1) is 0 Å². The number of aromatic nitrogens is 1. The van der Waals surface area contributed by atoms with E-state index in [9.17, 15) is 4.79 Å². The molecule has 5 heteroatoms. The van der Waals surface area contributed by atoms with Gasteiger partial charge < -0.3 is 15.1 Å². The Morgan fingerprint density at radius 1 is 1.11 bits per heavy atom. The lowest BCUT2D eigenvalue weighted by Gasteiger charge is -2.21.